The molecule has 1 aromatic carbocycles. The molecule has 3 aliphatic rings. The van der Waals surface area contributed by atoms with Crippen molar-refractivity contribution < 1.29 is 27.9 Å². The van der Waals surface area contributed by atoms with Gasteiger partial charge in [0.05, 0.1) is 6.10 Å². The third-order valence-electron chi connectivity index (χ3n) is 7.48. The second-order valence-corrected chi connectivity index (χ2v) is 12.4. The number of nitrogens with one attached hydrogen (secondary N) is 3. The van der Waals surface area contributed by atoms with Crippen LogP contribution in [0.5, 0.6) is 0 Å². The number of aliphatic hydroxyl groups excluding tert-OH is 1. The Kier molecular flexibility index (Phi) is 8.43. The van der Waals surface area contributed by atoms with Crippen LogP contribution in [0, 0.1) is 5.92 Å². The highest BCUT2D eigenvalue weighted by Crippen LogP contribution is 2.45. The third kappa shape index (κ3) is 6.19. The first-order valence-corrected chi connectivity index (χ1v) is 14.5. The molecule has 11 nitrogen and oxygen atoms in total. The van der Waals surface area contributed by atoms with Crippen molar-refractivity contribution in [2.75, 3.05) is 26.0 Å². The van der Waals surface area contributed by atoms with Crippen LogP contribution in [0.2, 0.25) is 0 Å². The Morgan fingerprint density at radius 3 is 2.61 bits per heavy atom. The van der Waals surface area contributed by atoms with Crippen LogP contribution >= 0.6 is 0 Å². The average Bonchev–Trinajstić information content (AvgIpc) is 3.42. The van der Waals surface area contributed by atoms with Crippen molar-refractivity contribution in [1.29, 1.82) is 0 Å². The van der Waals surface area contributed by atoms with Gasteiger partial charge in [-0.25, -0.2) is 4.72 Å². The molecule has 4 rings (SSSR count). The number of aliphatic hydroxyl groups is 1. The lowest BCUT2D eigenvalue weighted by atomic mass is 10.0. The summed E-state index contributed by atoms with van der Waals surface area (Å²) >= 11 is 0. The summed E-state index contributed by atoms with van der Waals surface area (Å²) in [7, 11) is -1.47. The number of anilines is 1. The van der Waals surface area contributed by atoms with Crippen LogP contribution in [0.4, 0.5) is 5.69 Å². The maximum absolute atomic E-state index is 13.7. The molecular formula is C26H37N5O6S. The molecule has 1 saturated heterocycles. The van der Waals surface area contributed by atoms with Gasteiger partial charge in [0.25, 0.3) is 5.91 Å². The van der Waals surface area contributed by atoms with Crippen LogP contribution in [-0.2, 0) is 24.6 Å². The second-order valence-electron chi connectivity index (χ2n) is 10.5. The van der Waals surface area contributed by atoms with Crippen molar-refractivity contribution in [2.45, 2.75) is 68.7 Å². The van der Waals surface area contributed by atoms with E-state index in [0.717, 1.165) is 35.7 Å². The van der Waals surface area contributed by atoms with Crippen LogP contribution in [0.1, 0.15) is 44.9 Å². The van der Waals surface area contributed by atoms with Crippen molar-refractivity contribution in [1.82, 2.24) is 19.2 Å². The zero-order valence-corrected chi connectivity index (χ0v) is 22.6. The second kappa shape index (κ2) is 11.4. The highest BCUT2D eigenvalue weighted by molar-refractivity contribution is 7.87. The zero-order chi connectivity index (χ0) is 27.5. The lowest BCUT2D eigenvalue weighted by Crippen LogP contribution is -2.58. The van der Waals surface area contributed by atoms with E-state index in [0.29, 0.717) is 6.42 Å². The van der Waals surface area contributed by atoms with E-state index in [1.54, 1.807) is 0 Å². The number of amides is 3. The normalized spacial score (nSPS) is 31.3. The maximum atomic E-state index is 13.7. The number of rotatable bonds is 5. The van der Waals surface area contributed by atoms with Crippen molar-refractivity contribution >= 4 is 33.6 Å². The molecule has 2 heterocycles. The van der Waals surface area contributed by atoms with Gasteiger partial charge in [-0.2, -0.15) is 12.7 Å². The molecule has 38 heavy (non-hydrogen) atoms. The fourth-order valence-corrected chi connectivity index (χ4v) is 5.73. The van der Waals surface area contributed by atoms with Gasteiger partial charge >= 0.3 is 10.2 Å². The standard InChI is InChI=1S/C26H37N5O6S/c1-30(2)38(36,37)29-25(35)26-16-18(26)11-7-4-3-5-10-14-21(27-19-12-8-6-9-13-19)24(34)31-17-20(32)15-22(31)23(33)28-26/h6-9,11-13,18,20-22,27,32H,3-5,10,14-17H2,1-2H3,(H,28,33)(H,29,35)/b11-7-/t18-,20-,21+,22+,26-/m1/s1. The summed E-state index contributed by atoms with van der Waals surface area (Å²) in [4.78, 5) is 41.8. The highest BCUT2D eigenvalue weighted by atomic mass is 32.2. The molecular weight excluding hydrogens is 510 g/mol. The first-order chi connectivity index (χ1) is 18.0. The minimum atomic E-state index is -4.07. The molecule has 5 atom stereocenters. The summed E-state index contributed by atoms with van der Waals surface area (Å²) in [5, 5.41) is 16.5. The number of benzene rings is 1. The Morgan fingerprint density at radius 2 is 1.89 bits per heavy atom. The average molecular weight is 548 g/mol. The van der Waals surface area contributed by atoms with E-state index < -0.39 is 45.8 Å². The molecule has 12 heteroatoms. The Bertz CT molecular complexity index is 1170. The van der Waals surface area contributed by atoms with Crippen LogP contribution in [-0.4, -0.2) is 84.8 Å². The van der Waals surface area contributed by atoms with Crippen molar-refractivity contribution in [3.05, 3.63) is 42.5 Å². The van der Waals surface area contributed by atoms with Gasteiger partial charge in [-0.1, -0.05) is 43.2 Å². The van der Waals surface area contributed by atoms with Gasteiger partial charge in [-0.05, 0) is 37.8 Å². The van der Waals surface area contributed by atoms with Crippen LogP contribution in [0.3, 0.4) is 0 Å². The lowest BCUT2D eigenvalue weighted by Gasteiger charge is -2.30. The van der Waals surface area contributed by atoms with Crippen molar-refractivity contribution in [3.63, 3.8) is 0 Å². The molecule has 208 valence electrons. The van der Waals surface area contributed by atoms with E-state index in [9.17, 15) is 27.9 Å². The summed E-state index contributed by atoms with van der Waals surface area (Å²) in [5.74, 6) is -2.08. The van der Waals surface area contributed by atoms with E-state index in [1.165, 1.54) is 19.0 Å². The minimum Gasteiger partial charge on any atom is -0.391 e. The first-order valence-electron chi connectivity index (χ1n) is 13.1. The summed E-state index contributed by atoms with van der Waals surface area (Å²) in [5.41, 5.74) is -0.660. The minimum absolute atomic E-state index is 0.00141. The first kappa shape index (κ1) is 28.1. The SMILES string of the molecule is CN(C)S(=O)(=O)NC(=O)[C@@]12C[C@H]1/C=C\CCCCC[C@H](Nc1ccccc1)C(=O)N1C[C@H](O)C[C@H]1C(=O)N2. The smallest absolute Gasteiger partial charge is 0.303 e. The largest absolute Gasteiger partial charge is 0.391 e. The maximum Gasteiger partial charge on any atom is 0.303 e. The number of nitrogens with zero attached hydrogens (tertiary/aromatic N) is 2. The highest BCUT2D eigenvalue weighted by Gasteiger charge is 2.61. The molecule has 4 N–H and O–H groups in total. The Labute approximate surface area is 223 Å². The molecule has 1 saturated carbocycles. The van der Waals surface area contributed by atoms with Gasteiger partial charge in [0, 0.05) is 38.7 Å². The van der Waals surface area contributed by atoms with Crippen LogP contribution in [0.15, 0.2) is 42.5 Å². The topological polar surface area (TPSA) is 148 Å². The van der Waals surface area contributed by atoms with Crippen LogP contribution < -0.4 is 15.4 Å². The van der Waals surface area contributed by atoms with E-state index >= 15 is 0 Å². The number of carbonyl (C=O) groups is 3. The summed E-state index contributed by atoms with van der Waals surface area (Å²) in [6.45, 7) is 0.00141. The Balaban J connectivity index is 1.60. The zero-order valence-electron chi connectivity index (χ0n) is 21.8. The fourth-order valence-electron chi connectivity index (χ4n) is 5.13. The van der Waals surface area contributed by atoms with E-state index in [4.69, 9.17) is 0 Å². The van der Waals surface area contributed by atoms with Gasteiger partial charge in [0.15, 0.2) is 0 Å². The predicted octanol–water partition coefficient (Wildman–Crippen LogP) is 0.747. The molecule has 1 aromatic rings. The number of fused-ring (bicyclic) bond motifs is 2. The number of hydrogen-bond acceptors (Lipinski definition) is 7. The summed E-state index contributed by atoms with van der Waals surface area (Å²) < 4.78 is 27.6. The molecule has 0 radical (unpaired) electrons. The van der Waals surface area contributed by atoms with Crippen molar-refractivity contribution in [2.24, 2.45) is 5.92 Å². The molecule has 0 aromatic heterocycles. The number of allylic oxidation sites excluding steroid dienone is 1. The number of hydrogen-bond donors (Lipinski definition) is 4. The van der Waals surface area contributed by atoms with Gasteiger partial charge < -0.3 is 20.6 Å². The quantitative estimate of drug-likeness (QED) is 0.398. The number of carbonyl (C=O) groups excluding carboxylic acids is 3. The van der Waals surface area contributed by atoms with E-state index in [2.05, 4.69) is 15.4 Å². The Hall–Kier alpha value is -2.96. The van der Waals surface area contributed by atoms with Crippen LogP contribution in [0.25, 0.3) is 0 Å². The Morgan fingerprint density at radius 1 is 1.16 bits per heavy atom. The van der Waals surface area contributed by atoms with E-state index in [1.807, 2.05) is 42.5 Å². The third-order valence-corrected chi connectivity index (χ3v) is 8.88. The molecule has 0 unspecified atom stereocenters. The van der Waals surface area contributed by atoms with Gasteiger partial charge in [-0.15, -0.1) is 0 Å². The summed E-state index contributed by atoms with van der Waals surface area (Å²) in [6.07, 6.45) is 7.12. The van der Waals surface area contributed by atoms with Gasteiger partial charge in [0.1, 0.15) is 17.6 Å². The molecule has 0 spiro atoms. The predicted molar refractivity (Wildman–Crippen MR) is 142 cm³/mol. The molecule has 3 amide bonds. The van der Waals surface area contributed by atoms with Crippen molar-refractivity contribution in [3.8, 4) is 0 Å². The molecule has 2 fully saturated rings. The van der Waals surface area contributed by atoms with Gasteiger partial charge in [0.2, 0.25) is 11.8 Å². The monoisotopic (exact) mass is 547 g/mol. The van der Waals surface area contributed by atoms with E-state index in [-0.39, 0.29) is 31.2 Å². The molecule has 2 aliphatic heterocycles. The van der Waals surface area contributed by atoms with Gasteiger partial charge in [-0.3, -0.25) is 14.4 Å². The molecule has 1 aliphatic carbocycles. The number of para-hydroxylation sites is 1. The lowest BCUT2D eigenvalue weighted by molar-refractivity contribution is -0.140. The molecule has 0 bridgehead atoms. The summed E-state index contributed by atoms with van der Waals surface area (Å²) in [6, 6.07) is 7.79. The fraction of sp³-hybridized carbons (Fsp3) is 0.577.